The highest BCUT2D eigenvalue weighted by atomic mass is 16.3. The summed E-state index contributed by atoms with van der Waals surface area (Å²) >= 11 is 0. The van der Waals surface area contributed by atoms with Crippen molar-refractivity contribution in [2.24, 2.45) is 0 Å². The average molecular weight is 223 g/mol. The van der Waals surface area contributed by atoms with Gasteiger partial charge in [-0.2, -0.15) is 0 Å². The van der Waals surface area contributed by atoms with Crippen LogP contribution in [0.2, 0.25) is 0 Å². The van der Waals surface area contributed by atoms with E-state index in [0.717, 1.165) is 12.0 Å². The smallest absolute Gasteiger partial charge is 0.219 e. The minimum absolute atomic E-state index is 0.0603. The molecule has 0 aromatic heterocycles. The molecule has 0 aliphatic rings. The van der Waals surface area contributed by atoms with E-state index in [0.29, 0.717) is 13.0 Å². The monoisotopic (exact) mass is 223 g/mol. The lowest BCUT2D eigenvalue weighted by molar-refractivity contribution is -0.120. The summed E-state index contributed by atoms with van der Waals surface area (Å²) in [5.41, 5.74) is 1.03. The lowest BCUT2D eigenvalue weighted by atomic mass is 10.1. The van der Waals surface area contributed by atoms with Crippen molar-refractivity contribution >= 4 is 5.91 Å². The molecule has 1 amide bonds. The van der Waals surface area contributed by atoms with Crippen LogP contribution in [0, 0.1) is 0 Å². The Balaban J connectivity index is 0.00000106. The molecule has 1 aromatic carbocycles. The summed E-state index contributed by atoms with van der Waals surface area (Å²) in [5.74, 6) is 0.328. The first-order valence-electron chi connectivity index (χ1n) is 5.77. The van der Waals surface area contributed by atoms with Gasteiger partial charge in [0, 0.05) is 13.0 Å². The van der Waals surface area contributed by atoms with Gasteiger partial charge in [0.15, 0.2) is 0 Å². The highest BCUT2D eigenvalue weighted by molar-refractivity contribution is 5.75. The van der Waals surface area contributed by atoms with Gasteiger partial charge < -0.3 is 10.4 Å². The summed E-state index contributed by atoms with van der Waals surface area (Å²) in [7, 11) is 0. The number of hydrogen-bond acceptors (Lipinski definition) is 2. The molecule has 90 valence electrons. The van der Waals surface area contributed by atoms with Gasteiger partial charge in [0.25, 0.3) is 0 Å². The van der Waals surface area contributed by atoms with E-state index in [4.69, 9.17) is 0 Å². The summed E-state index contributed by atoms with van der Waals surface area (Å²) in [6, 6.07) is 7.07. The molecule has 0 radical (unpaired) electrons. The zero-order chi connectivity index (χ0) is 12.4. The predicted octanol–water partition coefficient (Wildman–Crippen LogP) is 2.49. The van der Waals surface area contributed by atoms with Crippen molar-refractivity contribution in [3.05, 3.63) is 29.8 Å². The van der Waals surface area contributed by atoms with E-state index in [1.165, 1.54) is 0 Å². The second kappa shape index (κ2) is 8.77. The molecule has 0 unspecified atom stereocenters. The van der Waals surface area contributed by atoms with Gasteiger partial charge in [0.05, 0.1) is 0 Å². The maximum Gasteiger partial charge on any atom is 0.219 e. The van der Waals surface area contributed by atoms with E-state index < -0.39 is 0 Å². The minimum atomic E-state index is 0.0603. The molecular weight excluding hydrogens is 202 g/mol. The minimum Gasteiger partial charge on any atom is -0.508 e. The molecule has 0 spiro atoms. The average Bonchev–Trinajstić information content (AvgIpc) is 2.31. The van der Waals surface area contributed by atoms with Gasteiger partial charge in [-0.1, -0.05) is 32.9 Å². The Hall–Kier alpha value is -1.51. The lowest BCUT2D eigenvalue weighted by Gasteiger charge is -2.03. The third-order valence-electron chi connectivity index (χ3n) is 1.97. The molecule has 1 rings (SSSR count). The molecule has 0 saturated carbocycles. The Kier molecular flexibility index (Phi) is 7.94. The van der Waals surface area contributed by atoms with Crippen LogP contribution in [0.1, 0.15) is 32.8 Å². The molecule has 0 atom stereocenters. The fourth-order valence-corrected chi connectivity index (χ4v) is 1.18. The fraction of sp³-hybridized carbons (Fsp3) is 0.462. The van der Waals surface area contributed by atoms with Gasteiger partial charge in [-0.05, 0) is 24.1 Å². The molecule has 0 aliphatic heterocycles. The van der Waals surface area contributed by atoms with Gasteiger partial charge in [-0.3, -0.25) is 4.79 Å². The number of carbonyl (C=O) groups is 1. The standard InChI is InChI=1S/C11H15NO2.C2H6/c1-2-11(14)12-7-6-9-4-3-5-10(13)8-9;1-2/h3-5,8,13H,2,6-7H2,1H3,(H,12,14);1-2H3. The second-order valence-electron chi connectivity index (χ2n) is 3.12. The Morgan fingerprint density at radius 1 is 1.38 bits per heavy atom. The van der Waals surface area contributed by atoms with Crippen molar-refractivity contribution < 1.29 is 9.90 Å². The highest BCUT2D eigenvalue weighted by Crippen LogP contribution is 2.10. The van der Waals surface area contributed by atoms with Crippen molar-refractivity contribution in [2.45, 2.75) is 33.6 Å². The van der Waals surface area contributed by atoms with Gasteiger partial charge in [-0.25, -0.2) is 0 Å². The Morgan fingerprint density at radius 2 is 2.06 bits per heavy atom. The third-order valence-corrected chi connectivity index (χ3v) is 1.97. The van der Waals surface area contributed by atoms with Gasteiger partial charge >= 0.3 is 0 Å². The van der Waals surface area contributed by atoms with E-state index >= 15 is 0 Å². The topological polar surface area (TPSA) is 49.3 Å². The number of phenolic OH excluding ortho intramolecular Hbond substituents is 1. The number of nitrogens with one attached hydrogen (secondary N) is 1. The van der Waals surface area contributed by atoms with Crippen LogP contribution in [0.25, 0.3) is 0 Å². The summed E-state index contributed by atoms with van der Waals surface area (Å²) < 4.78 is 0. The number of carbonyl (C=O) groups excluding carboxylic acids is 1. The van der Waals surface area contributed by atoms with Crippen molar-refractivity contribution in [3.63, 3.8) is 0 Å². The van der Waals surface area contributed by atoms with Crippen molar-refractivity contribution in [1.82, 2.24) is 5.32 Å². The van der Waals surface area contributed by atoms with Crippen LogP contribution in [0.3, 0.4) is 0 Å². The van der Waals surface area contributed by atoms with Crippen LogP contribution in [0.5, 0.6) is 5.75 Å². The number of phenols is 1. The maximum absolute atomic E-state index is 10.9. The summed E-state index contributed by atoms with van der Waals surface area (Å²) in [6.07, 6.45) is 1.26. The summed E-state index contributed by atoms with van der Waals surface area (Å²) in [4.78, 5) is 10.9. The van der Waals surface area contributed by atoms with Crippen LogP contribution in [-0.4, -0.2) is 17.6 Å². The van der Waals surface area contributed by atoms with Gasteiger partial charge in [-0.15, -0.1) is 0 Å². The Morgan fingerprint density at radius 3 is 2.62 bits per heavy atom. The quantitative estimate of drug-likeness (QED) is 0.824. The van der Waals surface area contributed by atoms with E-state index in [9.17, 15) is 9.90 Å². The number of amides is 1. The zero-order valence-corrected chi connectivity index (χ0v) is 10.3. The largest absolute Gasteiger partial charge is 0.508 e. The van der Waals surface area contributed by atoms with Crippen LogP contribution >= 0.6 is 0 Å². The van der Waals surface area contributed by atoms with Gasteiger partial charge in [0.2, 0.25) is 5.91 Å². The Labute approximate surface area is 97.5 Å². The van der Waals surface area contributed by atoms with Crippen molar-refractivity contribution in [1.29, 1.82) is 0 Å². The third kappa shape index (κ3) is 6.06. The van der Waals surface area contributed by atoms with E-state index in [1.54, 1.807) is 18.2 Å². The maximum atomic E-state index is 10.9. The summed E-state index contributed by atoms with van der Waals surface area (Å²) in [6.45, 7) is 6.44. The Bertz CT molecular complexity index is 311. The predicted molar refractivity (Wildman–Crippen MR) is 66.5 cm³/mol. The van der Waals surface area contributed by atoms with Crippen molar-refractivity contribution in [2.75, 3.05) is 6.54 Å². The van der Waals surface area contributed by atoms with Crippen LogP contribution in [-0.2, 0) is 11.2 Å². The number of hydrogen-bond donors (Lipinski definition) is 2. The molecule has 1 aromatic rings. The van der Waals surface area contributed by atoms with Crippen molar-refractivity contribution in [3.8, 4) is 5.75 Å². The summed E-state index contributed by atoms with van der Waals surface area (Å²) in [5, 5.41) is 12.0. The molecule has 0 saturated heterocycles. The SMILES string of the molecule is CC.CCC(=O)NCCc1cccc(O)c1. The molecule has 0 heterocycles. The molecule has 0 fully saturated rings. The van der Waals surface area contributed by atoms with E-state index in [2.05, 4.69) is 5.32 Å². The number of rotatable bonds is 4. The lowest BCUT2D eigenvalue weighted by Crippen LogP contribution is -2.24. The fourth-order valence-electron chi connectivity index (χ4n) is 1.18. The molecule has 0 aliphatic carbocycles. The van der Waals surface area contributed by atoms with E-state index in [1.807, 2.05) is 26.8 Å². The molecule has 16 heavy (non-hydrogen) atoms. The van der Waals surface area contributed by atoms with Gasteiger partial charge in [0.1, 0.15) is 5.75 Å². The van der Waals surface area contributed by atoms with Crippen LogP contribution in [0.15, 0.2) is 24.3 Å². The molecule has 3 nitrogen and oxygen atoms in total. The normalized spacial score (nSPS) is 8.94. The van der Waals surface area contributed by atoms with Crippen LogP contribution < -0.4 is 5.32 Å². The molecule has 3 heteroatoms. The van der Waals surface area contributed by atoms with E-state index in [-0.39, 0.29) is 11.7 Å². The number of aromatic hydroxyl groups is 1. The molecule has 2 N–H and O–H groups in total. The molecule has 0 bridgehead atoms. The number of benzene rings is 1. The second-order valence-corrected chi connectivity index (χ2v) is 3.12. The first-order chi connectivity index (χ1) is 7.72. The van der Waals surface area contributed by atoms with Crippen LogP contribution in [0.4, 0.5) is 0 Å². The first kappa shape index (κ1) is 14.5. The molecular formula is C13H21NO2. The zero-order valence-electron chi connectivity index (χ0n) is 10.3. The highest BCUT2D eigenvalue weighted by Gasteiger charge is 1.97. The first-order valence-corrected chi connectivity index (χ1v) is 5.77.